The Hall–Kier alpha value is -1.79. The van der Waals surface area contributed by atoms with Crippen LogP contribution in [0.5, 0.6) is 0 Å². The standard InChI is InChI=1S/C22H36N4O2/c1-3-23-22(26-15-17-28-21(18-26)20-12-8-16-27-20)24-13-9-14-25(4-2)19-10-6-5-7-11-19/h5-7,10-11,20-21H,3-4,8-9,12-18H2,1-2H3,(H,23,24). The van der Waals surface area contributed by atoms with Gasteiger partial charge in [-0.3, -0.25) is 4.99 Å². The molecule has 6 heteroatoms. The van der Waals surface area contributed by atoms with Crippen molar-refractivity contribution < 1.29 is 9.47 Å². The fraction of sp³-hybridized carbons (Fsp3) is 0.682. The average Bonchev–Trinajstić information content (AvgIpc) is 3.29. The lowest BCUT2D eigenvalue weighted by Gasteiger charge is -2.37. The van der Waals surface area contributed by atoms with E-state index < -0.39 is 0 Å². The number of nitrogens with one attached hydrogen (secondary N) is 1. The Kier molecular flexibility index (Phi) is 8.42. The number of rotatable bonds is 8. The number of ether oxygens (including phenoxy) is 2. The third-order valence-corrected chi connectivity index (χ3v) is 5.46. The van der Waals surface area contributed by atoms with Crippen LogP contribution in [-0.4, -0.2) is 75.5 Å². The zero-order valence-corrected chi connectivity index (χ0v) is 17.5. The van der Waals surface area contributed by atoms with E-state index in [2.05, 4.69) is 59.3 Å². The lowest BCUT2D eigenvalue weighted by molar-refractivity contribution is -0.0817. The highest BCUT2D eigenvalue weighted by atomic mass is 16.5. The summed E-state index contributed by atoms with van der Waals surface area (Å²) in [6.07, 6.45) is 3.70. The second-order valence-corrected chi connectivity index (χ2v) is 7.41. The summed E-state index contributed by atoms with van der Waals surface area (Å²) < 4.78 is 11.8. The van der Waals surface area contributed by atoms with Crippen molar-refractivity contribution in [3.05, 3.63) is 30.3 Å². The van der Waals surface area contributed by atoms with Crippen molar-refractivity contribution in [3.8, 4) is 0 Å². The quantitative estimate of drug-likeness (QED) is 0.422. The smallest absolute Gasteiger partial charge is 0.194 e. The maximum Gasteiger partial charge on any atom is 0.194 e. The highest BCUT2D eigenvalue weighted by Crippen LogP contribution is 2.21. The van der Waals surface area contributed by atoms with Crippen molar-refractivity contribution in [2.75, 3.05) is 57.4 Å². The zero-order valence-electron chi connectivity index (χ0n) is 17.5. The van der Waals surface area contributed by atoms with Gasteiger partial charge in [0, 0.05) is 51.6 Å². The molecule has 0 aromatic heterocycles. The van der Waals surface area contributed by atoms with Crippen LogP contribution in [0.2, 0.25) is 0 Å². The predicted molar refractivity (Wildman–Crippen MR) is 115 cm³/mol. The summed E-state index contributed by atoms with van der Waals surface area (Å²) in [7, 11) is 0. The number of morpholine rings is 1. The number of hydrogen-bond donors (Lipinski definition) is 1. The van der Waals surface area contributed by atoms with Crippen LogP contribution in [0.1, 0.15) is 33.1 Å². The maximum atomic E-state index is 5.98. The molecular weight excluding hydrogens is 352 g/mol. The van der Waals surface area contributed by atoms with E-state index in [4.69, 9.17) is 14.5 Å². The first-order valence-electron chi connectivity index (χ1n) is 10.9. The summed E-state index contributed by atoms with van der Waals surface area (Å²) in [6, 6.07) is 10.6. The fourth-order valence-electron chi connectivity index (χ4n) is 3.97. The number of para-hydroxylation sites is 1. The minimum absolute atomic E-state index is 0.161. The van der Waals surface area contributed by atoms with Crippen LogP contribution in [0.15, 0.2) is 35.3 Å². The van der Waals surface area contributed by atoms with Crippen molar-refractivity contribution in [1.82, 2.24) is 10.2 Å². The predicted octanol–water partition coefficient (Wildman–Crippen LogP) is 2.75. The molecule has 2 atom stereocenters. The third kappa shape index (κ3) is 5.85. The molecule has 3 rings (SSSR count). The lowest BCUT2D eigenvalue weighted by Crippen LogP contribution is -2.53. The van der Waals surface area contributed by atoms with Gasteiger partial charge >= 0.3 is 0 Å². The van der Waals surface area contributed by atoms with Gasteiger partial charge in [-0.2, -0.15) is 0 Å². The zero-order chi connectivity index (χ0) is 19.6. The van der Waals surface area contributed by atoms with Gasteiger partial charge in [0.1, 0.15) is 6.10 Å². The van der Waals surface area contributed by atoms with Crippen molar-refractivity contribution in [2.45, 2.75) is 45.3 Å². The average molecular weight is 389 g/mol. The van der Waals surface area contributed by atoms with E-state index in [1.54, 1.807) is 0 Å². The van der Waals surface area contributed by atoms with Crippen LogP contribution in [0.4, 0.5) is 5.69 Å². The molecule has 2 aliphatic heterocycles. The van der Waals surface area contributed by atoms with Gasteiger partial charge in [0.15, 0.2) is 5.96 Å². The highest BCUT2D eigenvalue weighted by Gasteiger charge is 2.32. The number of anilines is 1. The van der Waals surface area contributed by atoms with Crippen molar-refractivity contribution in [3.63, 3.8) is 0 Å². The summed E-state index contributed by atoms with van der Waals surface area (Å²) in [6.45, 7) is 11.4. The number of benzene rings is 1. The number of guanidine groups is 1. The van der Waals surface area contributed by atoms with Crippen molar-refractivity contribution >= 4 is 11.6 Å². The molecule has 0 saturated carbocycles. The molecule has 0 aliphatic carbocycles. The molecule has 28 heavy (non-hydrogen) atoms. The number of hydrogen-bond acceptors (Lipinski definition) is 4. The molecule has 0 amide bonds. The van der Waals surface area contributed by atoms with Crippen LogP contribution in [-0.2, 0) is 9.47 Å². The monoisotopic (exact) mass is 388 g/mol. The fourth-order valence-corrected chi connectivity index (χ4v) is 3.97. The summed E-state index contributed by atoms with van der Waals surface area (Å²) in [4.78, 5) is 9.66. The van der Waals surface area contributed by atoms with Gasteiger partial charge in [-0.1, -0.05) is 18.2 Å². The molecule has 1 aromatic rings. The van der Waals surface area contributed by atoms with E-state index >= 15 is 0 Å². The van der Waals surface area contributed by atoms with Gasteiger partial charge in [-0.25, -0.2) is 0 Å². The molecule has 2 fully saturated rings. The third-order valence-electron chi connectivity index (χ3n) is 5.46. The van der Waals surface area contributed by atoms with Crippen LogP contribution >= 0.6 is 0 Å². The van der Waals surface area contributed by atoms with Gasteiger partial charge in [0.2, 0.25) is 0 Å². The minimum Gasteiger partial charge on any atom is -0.375 e. The first-order chi connectivity index (χ1) is 13.8. The van der Waals surface area contributed by atoms with Crippen LogP contribution in [0.25, 0.3) is 0 Å². The SMILES string of the molecule is CCNC(=NCCCN(CC)c1ccccc1)N1CCOC(C2CCCO2)C1. The first-order valence-corrected chi connectivity index (χ1v) is 10.9. The second-order valence-electron chi connectivity index (χ2n) is 7.41. The Morgan fingerprint density at radius 3 is 2.71 bits per heavy atom. The minimum atomic E-state index is 0.161. The Morgan fingerprint density at radius 2 is 2.00 bits per heavy atom. The number of nitrogens with zero attached hydrogens (tertiary/aromatic N) is 3. The normalized spacial score (nSPS) is 23.1. The molecule has 156 valence electrons. The van der Waals surface area contributed by atoms with Crippen molar-refractivity contribution in [2.24, 2.45) is 4.99 Å². The van der Waals surface area contributed by atoms with Gasteiger partial charge in [-0.15, -0.1) is 0 Å². The molecule has 0 bridgehead atoms. The van der Waals surface area contributed by atoms with Gasteiger partial charge in [0.05, 0.1) is 12.7 Å². The van der Waals surface area contributed by atoms with Gasteiger partial charge in [-0.05, 0) is 45.2 Å². The van der Waals surface area contributed by atoms with Crippen LogP contribution < -0.4 is 10.2 Å². The Bertz CT molecular complexity index is 589. The Balaban J connectivity index is 1.51. The van der Waals surface area contributed by atoms with E-state index in [0.717, 1.165) is 77.7 Å². The van der Waals surface area contributed by atoms with Gasteiger partial charge < -0.3 is 24.6 Å². The van der Waals surface area contributed by atoms with E-state index in [1.807, 2.05) is 0 Å². The maximum absolute atomic E-state index is 5.98. The Labute approximate surface area is 169 Å². The molecule has 0 radical (unpaired) electrons. The molecule has 2 aliphatic rings. The lowest BCUT2D eigenvalue weighted by atomic mass is 10.1. The summed E-state index contributed by atoms with van der Waals surface area (Å²) >= 11 is 0. The summed E-state index contributed by atoms with van der Waals surface area (Å²) in [5.74, 6) is 1.01. The highest BCUT2D eigenvalue weighted by molar-refractivity contribution is 5.80. The Morgan fingerprint density at radius 1 is 1.18 bits per heavy atom. The molecule has 1 aromatic carbocycles. The largest absolute Gasteiger partial charge is 0.375 e. The molecule has 1 N–H and O–H groups in total. The van der Waals surface area contributed by atoms with Crippen LogP contribution in [0.3, 0.4) is 0 Å². The molecular formula is C22H36N4O2. The molecule has 6 nitrogen and oxygen atoms in total. The van der Waals surface area contributed by atoms with Crippen LogP contribution in [0, 0.1) is 0 Å². The molecule has 0 spiro atoms. The topological polar surface area (TPSA) is 49.3 Å². The van der Waals surface area contributed by atoms with E-state index in [-0.39, 0.29) is 12.2 Å². The van der Waals surface area contributed by atoms with E-state index in [1.165, 1.54) is 5.69 Å². The number of aliphatic imine (C=N–C) groups is 1. The second kappa shape index (κ2) is 11.3. The first kappa shape index (κ1) is 20.9. The van der Waals surface area contributed by atoms with Crippen molar-refractivity contribution in [1.29, 1.82) is 0 Å². The van der Waals surface area contributed by atoms with E-state index in [9.17, 15) is 0 Å². The molecule has 2 unspecified atom stereocenters. The summed E-state index contributed by atoms with van der Waals surface area (Å²) in [5.41, 5.74) is 1.29. The molecule has 2 saturated heterocycles. The van der Waals surface area contributed by atoms with Gasteiger partial charge in [0.25, 0.3) is 0 Å². The van der Waals surface area contributed by atoms with E-state index in [0.29, 0.717) is 0 Å². The molecule has 2 heterocycles. The summed E-state index contributed by atoms with van der Waals surface area (Å²) in [5, 5.41) is 3.46.